The molecule has 2 rings (SSSR count). The number of halogens is 3. The van der Waals surface area contributed by atoms with Crippen molar-refractivity contribution in [2.45, 2.75) is 32.5 Å². The van der Waals surface area contributed by atoms with Crippen molar-refractivity contribution in [2.75, 3.05) is 26.7 Å². The van der Waals surface area contributed by atoms with E-state index in [0.717, 1.165) is 18.4 Å². The lowest BCUT2D eigenvalue weighted by atomic mass is 10.1. The molecule has 1 aromatic rings. The molecule has 1 aliphatic carbocycles. The molecule has 0 heterocycles. The molecule has 3 N–H and O–H groups in total. The zero-order chi connectivity index (χ0) is 19.9. The molecule has 0 unspecified atom stereocenters. The largest absolute Gasteiger partial charge is 0.484 e. The SMILES string of the molecule is CN=C(NCCNC(=O)C1CC1)NCc1ccc(C)cc1OCC(F)(F)F. The summed E-state index contributed by atoms with van der Waals surface area (Å²) in [7, 11) is 1.59. The minimum absolute atomic E-state index is 0.0749. The Labute approximate surface area is 156 Å². The van der Waals surface area contributed by atoms with Crippen LogP contribution in [0.3, 0.4) is 0 Å². The van der Waals surface area contributed by atoms with Gasteiger partial charge in [0.2, 0.25) is 5.91 Å². The Morgan fingerprint density at radius 2 is 1.93 bits per heavy atom. The van der Waals surface area contributed by atoms with Gasteiger partial charge in [0, 0.05) is 38.2 Å². The van der Waals surface area contributed by atoms with Gasteiger partial charge in [-0.3, -0.25) is 9.79 Å². The van der Waals surface area contributed by atoms with Gasteiger partial charge in [0.1, 0.15) is 5.75 Å². The minimum atomic E-state index is -4.39. The van der Waals surface area contributed by atoms with Crippen LogP contribution in [0, 0.1) is 12.8 Å². The Kier molecular flexibility index (Phi) is 7.32. The highest BCUT2D eigenvalue weighted by atomic mass is 19.4. The van der Waals surface area contributed by atoms with Crippen LogP contribution < -0.4 is 20.7 Å². The van der Waals surface area contributed by atoms with Crippen molar-refractivity contribution in [3.8, 4) is 5.75 Å². The number of nitrogens with one attached hydrogen (secondary N) is 3. The molecule has 1 fully saturated rings. The van der Waals surface area contributed by atoms with Gasteiger partial charge in [-0.2, -0.15) is 13.2 Å². The normalized spacial score (nSPS) is 14.6. The van der Waals surface area contributed by atoms with Crippen LogP contribution in [0.2, 0.25) is 0 Å². The van der Waals surface area contributed by atoms with Gasteiger partial charge < -0.3 is 20.7 Å². The second-order valence-electron chi connectivity index (χ2n) is 6.43. The summed E-state index contributed by atoms with van der Waals surface area (Å²) >= 11 is 0. The second-order valence-corrected chi connectivity index (χ2v) is 6.43. The van der Waals surface area contributed by atoms with Crippen molar-refractivity contribution in [2.24, 2.45) is 10.9 Å². The fraction of sp³-hybridized carbons (Fsp3) is 0.556. The van der Waals surface area contributed by atoms with E-state index in [1.54, 1.807) is 32.2 Å². The number of aryl methyl sites for hydroxylation is 1. The van der Waals surface area contributed by atoms with Crippen molar-refractivity contribution in [1.29, 1.82) is 0 Å². The highest BCUT2D eigenvalue weighted by Crippen LogP contribution is 2.28. The van der Waals surface area contributed by atoms with Crippen LogP contribution in [-0.2, 0) is 11.3 Å². The van der Waals surface area contributed by atoms with Crippen molar-refractivity contribution in [1.82, 2.24) is 16.0 Å². The third-order valence-corrected chi connectivity index (χ3v) is 3.95. The third kappa shape index (κ3) is 7.76. The molecular weight excluding hydrogens is 361 g/mol. The van der Waals surface area contributed by atoms with Crippen LogP contribution >= 0.6 is 0 Å². The summed E-state index contributed by atoms with van der Waals surface area (Å²) in [5.41, 5.74) is 1.40. The first-order chi connectivity index (χ1) is 12.8. The summed E-state index contributed by atoms with van der Waals surface area (Å²) in [6, 6.07) is 5.10. The molecule has 150 valence electrons. The number of hydrogen-bond donors (Lipinski definition) is 3. The predicted molar refractivity (Wildman–Crippen MR) is 96.7 cm³/mol. The molecule has 27 heavy (non-hydrogen) atoms. The lowest BCUT2D eigenvalue weighted by molar-refractivity contribution is -0.153. The Morgan fingerprint density at radius 3 is 2.56 bits per heavy atom. The lowest BCUT2D eigenvalue weighted by Gasteiger charge is -2.16. The van der Waals surface area contributed by atoms with Crippen molar-refractivity contribution < 1.29 is 22.7 Å². The first-order valence-corrected chi connectivity index (χ1v) is 8.80. The Bertz CT molecular complexity index is 673. The topological polar surface area (TPSA) is 74.8 Å². The highest BCUT2D eigenvalue weighted by Gasteiger charge is 2.29. The standard InChI is InChI=1S/C18H25F3N4O2/c1-12-3-4-14(15(9-12)27-11-18(19,20)21)10-25-17(22-2)24-8-7-23-16(26)13-5-6-13/h3-4,9,13H,5-8,10-11H2,1-2H3,(H,23,26)(H2,22,24,25). The third-order valence-electron chi connectivity index (χ3n) is 3.95. The molecule has 9 heteroatoms. The van der Waals surface area contributed by atoms with E-state index < -0.39 is 12.8 Å². The maximum atomic E-state index is 12.4. The first kappa shape index (κ1) is 20.9. The van der Waals surface area contributed by atoms with Gasteiger partial charge in [0.15, 0.2) is 12.6 Å². The zero-order valence-electron chi connectivity index (χ0n) is 15.4. The summed E-state index contributed by atoms with van der Waals surface area (Å²) < 4.78 is 42.2. The molecule has 0 aromatic heterocycles. The van der Waals surface area contributed by atoms with E-state index in [1.165, 1.54) is 0 Å². The van der Waals surface area contributed by atoms with Gasteiger partial charge in [0.05, 0.1) is 0 Å². The number of alkyl halides is 3. The number of nitrogens with zero attached hydrogens (tertiary/aromatic N) is 1. The number of aliphatic imine (C=N–C) groups is 1. The first-order valence-electron chi connectivity index (χ1n) is 8.80. The van der Waals surface area contributed by atoms with E-state index in [2.05, 4.69) is 20.9 Å². The summed E-state index contributed by atoms with van der Waals surface area (Å²) in [5, 5.41) is 8.91. The molecule has 0 atom stereocenters. The van der Waals surface area contributed by atoms with Crippen molar-refractivity contribution in [3.05, 3.63) is 29.3 Å². The molecule has 0 aliphatic heterocycles. The van der Waals surface area contributed by atoms with Gasteiger partial charge in [-0.25, -0.2) is 0 Å². The lowest BCUT2D eigenvalue weighted by Crippen LogP contribution is -2.41. The maximum absolute atomic E-state index is 12.4. The van der Waals surface area contributed by atoms with Crippen LogP contribution in [0.1, 0.15) is 24.0 Å². The Morgan fingerprint density at radius 1 is 1.22 bits per heavy atom. The number of hydrogen-bond acceptors (Lipinski definition) is 3. The molecule has 1 aromatic carbocycles. The maximum Gasteiger partial charge on any atom is 0.422 e. The number of amides is 1. The Balaban J connectivity index is 1.81. The monoisotopic (exact) mass is 386 g/mol. The predicted octanol–water partition coefficient (Wildman–Crippen LogP) is 2.13. The van der Waals surface area contributed by atoms with Crippen LogP contribution in [0.15, 0.2) is 23.2 Å². The van der Waals surface area contributed by atoms with Crippen LogP contribution in [0.5, 0.6) is 5.75 Å². The van der Waals surface area contributed by atoms with E-state index in [-0.39, 0.29) is 24.1 Å². The van der Waals surface area contributed by atoms with E-state index in [9.17, 15) is 18.0 Å². The number of carbonyl (C=O) groups is 1. The number of guanidine groups is 1. The average molecular weight is 386 g/mol. The molecule has 0 bridgehead atoms. The number of rotatable bonds is 8. The summed E-state index contributed by atoms with van der Waals surface area (Å²) in [5.74, 6) is 0.912. The molecule has 6 nitrogen and oxygen atoms in total. The number of ether oxygens (including phenoxy) is 1. The van der Waals surface area contributed by atoms with Gasteiger partial charge in [-0.05, 0) is 31.4 Å². The van der Waals surface area contributed by atoms with Crippen LogP contribution in [0.25, 0.3) is 0 Å². The quantitative estimate of drug-likeness (QED) is 0.364. The van der Waals surface area contributed by atoms with Gasteiger partial charge in [-0.15, -0.1) is 0 Å². The molecule has 1 saturated carbocycles. The van der Waals surface area contributed by atoms with E-state index in [4.69, 9.17) is 4.74 Å². The fourth-order valence-corrected chi connectivity index (χ4v) is 2.36. The van der Waals surface area contributed by atoms with E-state index in [0.29, 0.717) is 24.6 Å². The molecular formula is C18H25F3N4O2. The molecule has 0 spiro atoms. The average Bonchev–Trinajstić information content (AvgIpc) is 3.44. The minimum Gasteiger partial charge on any atom is -0.484 e. The van der Waals surface area contributed by atoms with Gasteiger partial charge in [0.25, 0.3) is 0 Å². The smallest absolute Gasteiger partial charge is 0.422 e. The number of benzene rings is 1. The van der Waals surface area contributed by atoms with Crippen LogP contribution in [-0.4, -0.2) is 44.8 Å². The summed E-state index contributed by atoms with van der Waals surface area (Å²) in [6.07, 6.45) is -2.48. The second kappa shape index (κ2) is 9.48. The summed E-state index contributed by atoms with van der Waals surface area (Å²) in [4.78, 5) is 15.6. The molecule has 1 aliphatic rings. The van der Waals surface area contributed by atoms with Gasteiger partial charge in [-0.1, -0.05) is 12.1 Å². The van der Waals surface area contributed by atoms with Gasteiger partial charge >= 0.3 is 6.18 Å². The summed E-state index contributed by atoms with van der Waals surface area (Å²) in [6.45, 7) is 1.66. The number of carbonyl (C=O) groups excluding carboxylic acids is 1. The molecule has 0 radical (unpaired) electrons. The van der Waals surface area contributed by atoms with E-state index >= 15 is 0 Å². The van der Waals surface area contributed by atoms with Crippen molar-refractivity contribution in [3.63, 3.8) is 0 Å². The van der Waals surface area contributed by atoms with Crippen LogP contribution in [0.4, 0.5) is 13.2 Å². The van der Waals surface area contributed by atoms with E-state index in [1.807, 2.05) is 0 Å². The molecule has 1 amide bonds. The zero-order valence-corrected chi connectivity index (χ0v) is 15.4. The van der Waals surface area contributed by atoms with Crippen molar-refractivity contribution >= 4 is 11.9 Å². The fourth-order valence-electron chi connectivity index (χ4n) is 2.36. The Hall–Kier alpha value is -2.45. The molecule has 0 saturated heterocycles. The highest BCUT2D eigenvalue weighted by molar-refractivity contribution is 5.81.